The lowest BCUT2D eigenvalue weighted by Gasteiger charge is -2.26. The summed E-state index contributed by atoms with van der Waals surface area (Å²) in [6, 6.07) is 14.4. The van der Waals surface area contributed by atoms with E-state index in [1.54, 1.807) is 12.1 Å². The van der Waals surface area contributed by atoms with E-state index in [2.05, 4.69) is 4.90 Å². The third-order valence-electron chi connectivity index (χ3n) is 6.09. The first kappa shape index (κ1) is 27.1. The summed E-state index contributed by atoms with van der Waals surface area (Å²) >= 11 is 6.09. The van der Waals surface area contributed by atoms with Gasteiger partial charge in [-0.15, -0.1) is 0 Å². The van der Waals surface area contributed by atoms with Gasteiger partial charge < -0.3 is 9.84 Å². The van der Waals surface area contributed by atoms with Crippen LogP contribution in [-0.4, -0.2) is 44.7 Å². The van der Waals surface area contributed by atoms with Crippen molar-refractivity contribution >= 4 is 27.3 Å². The molecule has 0 atom stereocenters. The number of hydrogen-bond donors (Lipinski definition) is 1. The number of sulfonamides is 1. The number of ether oxygens (including phenoxy) is 1. The molecule has 198 valence electrons. The van der Waals surface area contributed by atoms with E-state index in [-0.39, 0.29) is 23.0 Å². The number of phenolic OH excluding ortho intramolecular Hbond substituents is 1. The minimum atomic E-state index is -4.75. The number of benzene rings is 3. The molecule has 4 rings (SSSR count). The predicted molar refractivity (Wildman–Crippen MR) is 136 cm³/mol. The van der Waals surface area contributed by atoms with Crippen LogP contribution in [-0.2, 0) is 22.7 Å². The molecule has 11 heteroatoms. The van der Waals surface area contributed by atoms with Gasteiger partial charge in [-0.2, -0.15) is 13.2 Å². The van der Waals surface area contributed by atoms with Crippen molar-refractivity contribution in [2.75, 3.05) is 30.5 Å². The highest BCUT2D eigenvalue weighted by atomic mass is 35.5. The average Bonchev–Trinajstić information content (AvgIpc) is 3.37. The fourth-order valence-electron chi connectivity index (χ4n) is 4.09. The monoisotopic (exact) mass is 554 g/mol. The summed E-state index contributed by atoms with van der Waals surface area (Å²) in [5.41, 5.74) is -0.398. The fraction of sp³-hybridized carbons (Fsp3) is 0.308. The number of nitrogens with zero attached hydrogens (tertiary/aromatic N) is 2. The number of rotatable bonds is 9. The molecule has 1 aliphatic heterocycles. The Morgan fingerprint density at radius 3 is 2.24 bits per heavy atom. The topological polar surface area (TPSA) is 70.1 Å². The number of aromatic hydroxyl groups is 1. The van der Waals surface area contributed by atoms with Gasteiger partial charge in [0.05, 0.1) is 22.8 Å². The summed E-state index contributed by atoms with van der Waals surface area (Å²) in [5.74, 6) is 0.538. The van der Waals surface area contributed by atoms with Gasteiger partial charge >= 0.3 is 6.18 Å². The van der Waals surface area contributed by atoms with Gasteiger partial charge in [-0.3, -0.25) is 9.21 Å². The molecule has 1 fully saturated rings. The summed E-state index contributed by atoms with van der Waals surface area (Å²) in [6.45, 7) is 3.16. The molecule has 1 saturated heterocycles. The zero-order valence-electron chi connectivity index (χ0n) is 19.8. The highest BCUT2D eigenvalue weighted by Crippen LogP contribution is 2.36. The second kappa shape index (κ2) is 11.2. The Balaban J connectivity index is 1.64. The van der Waals surface area contributed by atoms with Crippen molar-refractivity contribution in [2.45, 2.75) is 30.5 Å². The summed E-state index contributed by atoms with van der Waals surface area (Å²) < 4.78 is 74.2. The zero-order valence-corrected chi connectivity index (χ0v) is 21.4. The molecule has 1 aliphatic rings. The third kappa shape index (κ3) is 6.68. The molecule has 1 heterocycles. The first-order chi connectivity index (χ1) is 17.5. The molecule has 1 N–H and O–H groups in total. The Bertz CT molecular complexity index is 1310. The van der Waals surface area contributed by atoms with E-state index in [1.807, 2.05) is 0 Å². The van der Waals surface area contributed by atoms with Gasteiger partial charge in [-0.25, -0.2) is 8.42 Å². The van der Waals surface area contributed by atoms with Crippen LogP contribution in [0.3, 0.4) is 0 Å². The van der Waals surface area contributed by atoms with Crippen molar-refractivity contribution in [1.29, 1.82) is 0 Å². The molecular formula is C26H26ClF3N2O4S. The number of likely N-dealkylation sites (tertiary alicyclic amines) is 1. The Morgan fingerprint density at radius 2 is 1.62 bits per heavy atom. The highest BCUT2D eigenvalue weighted by Gasteiger charge is 2.34. The van der Waals surface area contributed by atoms with E-state index in [0.717, 1.165) is 36.1 Å². The number of anilines is 1. The Kier molecular flexibility index (Phi) is 8.20. The van der Waals surface area contributed by atoms with Crippen molar-refractivity contribution in [3.63, 3.8) is 0 Å². The average molecular weight is 555 g/mol. The van der Waals surface area contributed by atoms with Crippen molar-refractivity contribution in [3.05, 3.63) is 82.9 Å². The van der Waals surface area contributed by atoms with E-state index in [4.69, 9.17) is 16.3 Å². The largest absolute Gasteiger partial charge is 0.508 e. The van der Waals surface area contributed by atoms with E-state index < -0.39 is 26.7 Å². The molecule has 6 nitrogen and oxygen atoms in total. The van der Waals surface area contributed by atoms with Crippen molar-refractivity contribution in [1.82, 2.24) is 4.90 Å². The maximum atomic E-state index is 13.7. The number of hydrogen-bond acceptors (Lipinski definition) is 5. The molecule has 0 radical (unpaired) electrons. The molecule has 3 aromatic rings. The summed E-state index contributed by atoms with van der Waals surface area (Å²) in [6.07, 6.45) is -2.39. The smallest absolute Gasteiger partial charge is 0.416 e. The van der Waals surface area contributed by atoms with Gasteiger partial charge in [0, 0.05) is 6.54 Å². The lowest BCUT2D eigenvalue weighted by atomic mass is 10.2. The molecule has 37 heavy (non-hydrogen) atoms. The standard InChI is InChI=1S/C26H26ClF3N2O4S/c27-24-12-5-20(26(28,29)30)17-25(24)37(34,35)32(18-19-3-8-22(33)9-4-19)21-6-10-23(11-7-21)36-16-15-31-13-1-2-14-31/h3-12,17,33H,1-2,13-16,18H2. The van der Waals surface area contributed by atoms with Crippen LogP contribution in [0.5, 0.6) is 11.5 Å². The normalized spacial score (nSPS) is 14.6. The quantitative estimate of drug-likeness (QED) is 0.355. The molecule has 0 aromatic heterocycles. The number of halogens is 4. The number of phenols is 1. The van der Waals surface area contributed by atoms with Gasteiger partial charge in [-0.1, -0.05) is 23.7 Å². The van der Waals surface area contributed by atoms with Crippen molar-refractivity contribution in [2.24, 2.45) is 0 Å². The molecule has 0 bridgehead atoms. The van der Waals surface area contributed by atoms with Crippen LogP contribution in [0.15, 0.2) is 71.6 Å². The Labute approximate surface area is 218 Å². The Hall–Kier alpha value is -2.95. The van der Waals surface area contributed by atoms with Crippen molar-refractivity contribution in [3.8, 4) is 11.5 Å². The number of alkyl halides is 3. The Morgan fingerprint density at radius 1 is 0.973 bits per heavy atom. The SMILES string of the molecule is O=S(=O)(c1cc(C(F)(F)F)ccc1Cl)N(Cc1ccc(O)cc1)c1ccc(OCCN2CCCC2)cc1. The van der Waals surface area contributed by atoms with Crippen LogP contribution in [0.1, 0.15) is 24.0 Å². The highest BCUT2D eigenvalue weighted by molar-refractivity contribution is 7.93. The lowest BCUT2D eigenvalue weighted by Crippen LogP contribution is -2.31. The summed E-state index contributed by atoms with van der Waals surface area (Å²) in [5, 5.41) is 9.26. The third-order valence-corrected chi connectivity index (χ3v) is 8.34. The lowest BCUT2D eigenvalue weighted by molar-refractivity contribution is -0.137. The van der Waals surface area contributed by atoms with E-state index in [9.17, 15) is 26.7 Å². The molecule has 3 aromatic carbocycles. The summed E-state index contributed by atoms with van der Waals surface area (Å²) in [4.78, 5) is 1.65. The van der Waals surface area contributed by atoms with Crippen LogP contribution in [0.4, 0.5) is 18.9 Å². The van der Waals surface area contributed by atoms with Crippen LogP contribution in [0, 0.1) is 0 Å². The second-order valence-corrected chi connectivity index (χ2v) is 11.0. The summed E-state index contributed by atoms with van der Waals surface area (Å²) in [7, 11) is -4.53. The first-order valence-electron chi connectivity index (χ1n) is 11.7. The first-order valence-corrected chi connectivity index (χ1v) is 13.5. The van der Waals surface area contributed by atoms with E-state index >= 15 is 0 Å². The van der Waals surface area contributed by atoms with Gasteiger partial charge in [0.15, 0.2) is 0 Å². The van der Waals surface area contributed by atoms with Gasteiger partial charge in [-0.05, 0) is 86.1 Å². The van der Waals surface area contributed by atoms with Crippen LogP contribution in [0.25, 0.3) is 0 Å². The predicted octanol–water partition coefficient (Wildman–Crippen LogP) is 5.93. The van der Waals surface area contributed by atoms with Gasteiger partial charge in [0.1, 0.15) is 23.0 Å². The maximum Gasteiger partial charge on any atom is 0.416 e. The second-order valence-electron chi connectivity index (χ2n) is 8.71. The van der Waals surface area contributed by atoms with Gasteiger partial charge in [0.25, 0.3) is 10.0 Å². The van der Waals surface area contributed by atoms with E-state index in [1.165, 1.54) is 49.2 Å². The molecular weight excluding hydrogens is 529 g/mol. The molecule has 0 amide bonds. The van der Waals surface area contributed by atoms with Gasteiger partial charge in [0.2, 0.25) is 0 Å². The molecule has 0 spiro atoms. The minimum absolute atomic E-state index is 0.00508. The minimum Gasteiger partial charge on any atom is -0.508 e. The van der Waals surface area contributed by atoms with Crippen molar-refractivity contribution < 1.29 is 31.4 Å². The van der Waals surface area contributed by atoms with Crippen LogP contribution in [0.2, 0.25) is 5.02 Å². The van der Waals surface area contributed by atoms with Crippen LogP contribution >= 0.6 is 11.6 Å². The molecule has 0 unspecified atom stereocenters. The maximum absolute atomic E-state index is 13.7. The van der Waals surface area contributed by atoms with Crippen LogP contribution < -0.4 is 9.04 Å². The molecule has 0 aliphatic carbocycles. The van der Waals surface area contributed by atoms with E-state index in [0.29, 0.717) is 24.0 Å². The fourth-order valence-corrected chi connectivity index (χ4v) is 6.04. The molecule has 0 saturated carbocycles. The zero-order chi connectivity index (χ0) is 26.6.